The maximum atomic E-state index is 12.8. The third-order valence-electron chi connectivity index (χ3n) is 4.96. The number of hydrogen-bond acceptors (Lipinski definition) is 4. The van der Waals surface area contributed by atoms with E-state index in [-0.39, 0.29) is 35.6 Å². The second-order valence-corrected chi connectivity index (χ2v) is 6.27. The van der Waals surface area contributed by atoms with Gasteiger partial charge in [0.1, 0.15) is 11.6 Å². The number of piperidine rings is 1. The van der Waals surface area contributed by atoms with E-state index in [2.05, 4.69) is 0 Å². The van der Waals surface area contributed by atoms with Crippen LogP contribution in [0.5, 0.6) is 5.75 Å². The molecule has 1 amide bonds. The summed E-state index contributed by atoms with van der Waals surface area (Å²) in [6.45, 7) is 1.22. The van der Waals surface area contributed by atoms with Gasteiger partial charge < -0.3 is 14.4 Å². The fourth-order valence-electron chi connectivity index (χ4n) is 3.34. The lowest BCUT2D eigenvalue weighted by Crippen LogP contribution is -2.42. The molecule has 5 nitrogen and oxygen atoms in total. The van der Waals surface area contributed by atoms with Gasteiger partial charge in [-0.15, -0.1) is 0 Å². The van der Waals surface area contributed by atoms with E-state index in [0.29, 0.717) is 18.8 Å². The van der Waals surface area contributed by atoms with Gasteiger partial charge in [-0.3, -0.25) is 9.59 Å². The molecule has 2 fully saturated rings. The lowest BCUT2D eigenvalue weighted by Gasteiger charge is -2.32. The Balaban J connectivity index is 1.45. The molecule has 1 aromatic carbocycles. The molecule has 1 atom stereocenters. The van der Waals surface area contributed by atoms with Crippen LogP contribution in [0.4, 0.5) is 4.39 Å². The summed E-state index contributed by atoms with van der Waals surface area (Å²) in [6.07, 6.45) is 2.53. The van der Waals surface area contributed by atoms with Crippen molar-refractivity contribution >= 4 is 11.9 Å². The van der Waals surface area contributed by atoms with Gasteiger partial charge in [0.05, 0.1) is 13.0 Å². The van der Waals surface area contributed by atoms with Crippen LogP contribution < -0.4 is 4.74 Å². The van der Waals surface area contributed by atoms with E-state index < -0.39 is 0 Å². The highest BCUT2D eigenvalue weighted by Gasteiger charge is 2.59. The molecule has 1 spiro atoms. The molecule has 0 radical (unpaired) electrons. The third kappa shape index (κ3) is 3.30. The zero-order chi connectivity index (χ0) is 16.4. The molecule has 0 N–H and O–H groups in total. The van der Waals surface area contributed by atoms with Gasteiger partial charge in [0.25, 0.3) is 5.91 Å². The van der Waals surface area contributed by atoms with E-state index in [4.69, 9.17) is 9.47 Å². The Kier molecular flexibility index (Phi) is 4.24. The molecule has 1 aliphatic carbocycles. The van der Waals surface area contributed by atoms with E-state index in [0.717, 1.165) is 19.3 Å². The van der Waals surface area contributed by atoms with Crippen molar-refractivity contribution in [1.82, 2.24) is 4.90 Å². The van der Waals surface area contributed by atoms with Crippen LogP contribution in [-0.2, 0) is 14.3 Å². The molecule has 1 aromatic rings. The number of amides is 1. The Morgan fingerprint density at radius 1 is 1.26 bits per heavy atom. The van der Waals surface area contributed by atoms with Crippen LogP contribution in [0.15, 0.2) is 24.3 Å². The van der Waals surface area contributed by atoms with E-state index in [1.54, 1.807) is 4.90 Å². The number of rotatable bonds is 4. The van der Waals surface area contributed by atoms with Crippen molar-refractivity contribution in [1.29, 1.82) is 0 Å². The fraction of sp³-hybridized carbons (Fsp3) is 0.529. The number of benzene rings is 1. The van der Waals surface area contributed by atoms with Gasteiger partial charge in [-0.05, 0) is 48.9 Å². The molecule has 6 heteroatoms. The first-order valence-electron chi connectivity index (χ1n) is 7.78. The van der Waals surface area contributed by atoms with Crippen LogP contribution in [0.3, 0.4) is 0 Å². The summed E-state index contributed by atoms with van der Waals surface area (Å²) < 4.78 is 23.0. The van der Waals surface area contributed by atoms with Crippen LogP contribution in [0.1, 0.15) is 19.3 Å². The fourth-order valence-corrected chi connectivity index (χ4v) is 3.34. The van der Waals surface area contributed by atoms with Crippen LogP contribution in [-0.4, -0.2) is 43.6 Å². The highest BCUT2D eigenvalue weighted by atomic mass is 19.1. The molecule has 3 rings (SSSR count). The molecule has 124 valence electrons. The molecule has 1 saturated heterocycles. The normalized spacial score (nSPS) is 21.8. The smallest absolute Gasteiger partial charge is 0.309 e. The molecule has 23 heavy (non-hydrogen) atoms. The molecule has 0 unspecified atom stereocenters. The van der Waals surface area contributed by atoms with Gasteiger partial charge in [-0.25, -0.2) is 4.39 Å². The topological polar surface area (TPSA) is 55.8 Å². The van der Waals surface area contributed by atoms with E-state index >= 15 is 0 Å². The number of carbonyl (C=O) groups excluding carboxylic acids is 2. The van der Waals surface area contributed by atoms with Gasteiger partial charge in [0.15, 0.2) is 6.61 Å². The van der Waals surface area contributed by atoms with Crippen LogP contribution in [0.25, 0.3) is 0 Å². The highest BCUT2D eigenvalue weighted by Crippen LogP contribution is 2.59. The molecule has 1 saturated carbocycles. The predicted molar refractivity (Wildman–Crippen MR) is 80.3 cm³/mol. The molecular formula is C17H20FNO4. The number of likely N-dealkylation sites (tertiary alicyclic amines) is 1. The van der Waals surface area contributed by atoms with E-state index in [1.807, 2.05) is 0 Å². The Hall–Kier alpha value is -2.11. The SMILES string of the molecule is COC(=O)[C@@H]1CC12CCN(C(=O)COc1ccc(F)cc1)CC2. The van der Waals surface area contributed by atoms with Gasteiger partial charge in [0.2, 0.25) is 0 Å². The van der Waals surface area contributed by atoms with Crippen molar-refractivity contribution in [2.75, 3.05) is 26.8 Å². The van der Waals surface area contributed by atoms with Crippen LogP contribution in [0, 0.1) is 17.2 Å². The number of ether oxygens (including phenoxy) is 2. The van der Waals surface area contributed by atoms with Crippen molar-refractivity contribution in [3.8, 4) is 5.75 Å². The summed E-state index contributed by atoms with van der Waals surface area (Å²) in [7, 11) is 1.42. The minimum atomic E-state index is -0.338. The average molecular weight is 321 g/mol. The maximum absolute atomic E-state index is 12.8. The molecular weight excluding hydrogens is 301 g/mol. The molecule has 1 aliphatic heterocycles. The number of methoxy groups -OCH3 is 1. The maximum Gasteiger partial charge on any atom is 0.309 e. The summed E-state index contributed by atoms with van der Waals surface area (Å²) in [5.74, 6) is -0.0835. The molecule has 1 heterocycles. The van der Waals surface area contributed by atoms with Gasteiger partial charge in [0, 0.05) is 13.1 Å². The van der Waals surface area contributed by atoms with Crippen LogP contribution in [0.2, 0.25) is 0 Å². The third-order valence-corrected chi connectivity index (χ3v) is 4.96. The second kappa shape index (κ2) is 6.18. The predicted octanol–water partition coefficient (Wildman–Crippen LogP) is 2.01. The number of nitrogens with zero attached hydrogens (tertiary/aromatic N) is 1. The Morgan fingerprint density at radius 2 is 1.91 bits per heavy atom. The van der Waals surface area contributed by atoms with E-state index in [9.17, 15) is 14.0 Å². The molecule has 2 aliphatic rings. The van der Waals surface area contributed by atoms with Crippen molar-refractivity contribution in [3.05, 3.63) is 30.1 Å². The van der Waals surface area contributed by atoms with Gasteiger partial charge in [-0.2, -0.15) is 0 Å². The zero-order valence-electron chi connectivity index (χ0n) is 13.1. The first-order valence-corrected chi connectivity index (χ1v) is 7.78. The number of halogens is 1. The summed E-state index contributed by atoms with van der Waals surface area (Å²) in [4.78, 5) is 25.5. The average Bonchev–Trinajstić information content (AvgIpc) is 3.27. The summed E-state index contributed by atoms with van der Waals surface area (Å²) in [5, 5.41) is 0. The van der Waals surface area contributed by atoms with Gasteiger partial charge >= 0.3 is 5.97 Å². The number of hydrogen-bond donors (Lipinski definition) is 0. The Morgan fingerprint density at radius 3 is 2.52 bits per heavy atom. The minimum Gasteiger partial charge on any atom is -0.484 e. The quantitative estimate of drug-likeness (QED) is 0.796. The molecule has 0 bridgehead atoms. The summed E-state index contributed by atoms with van der Waals surface area (Å²) >= 11 is 0. The van der Waals surface area contributed by atoms with Crippen molar-refractivity contribution in [2.45, 2.75) is 19.3 Å². The standard InChI is InChI=1S/C17H20FNO4/c1-22-16(21)14-10-17(14)6-8-19(9-7-17)15(20)11-23-13-4-2-12(18)3-5-13/h2-5,14H,6-11H2,1H3/t14-/m0/s1. The van der Waals surface area contributed by atoms with Gasteiger partial charge in [-0.1, -0.05) is 0 Å². The monoisotopic (exact) mass is 321 g/mol. The summed E-state index contributed by atoms with van der Waals surface area (Å²) in [6, 6.07) is 5.59. The molecule has 0 aromatic heterocycles. The largest absolute Gasteiger partial charge is 0.484 e. The van der Waals surface area contributed by atoms with Crippen molar-refractivity contribution in [3.63, 3.8) is 0 Å². The van der Waals surface area contributed by atoms with E-state index in [1.165, 1.54) is 31.4 Å². The second-order valence-electron chi connectivity index (χ2n) is 6.27. The number of carbonyl (C=O) groups is 2. The number of esters is 1. The van der Waals surface area contributed by atoms with Crippen LogP contribution >= 0.6 is 0 Å². The Labute approximate surface area is 134 Å². The van der Waals surface area contributed by atoms with Crippen molar-refractivity contribution in [2.24, 2.45) is 11.3 Å². The summed E-state index contributed by atoms with van der Waals surface area (Å²) in [5.41, 5.74) is 0.0433. The first-order chi connectivity index (χ1) is 11.0. The zero-order valence-corrected chi connectivity index (χ0v) is 13.1. The highest BCUT2D eigenvalue weighted by molar-refractivity contribution is 5.79. The lowest BCUT2D eigenvalue weighted by molar-refractivity contribution is -0.143. The lowest BCUT2D eigenvalue weighted by atomic mass is 9.91. The Bertz CT molecular complexity index is 593. The first kappa shape index (κ1) is 15.8. The van der Waals surface area contributed by atoms with Crippen molar-refractivity contribution < 1.29 is 23.5 Å². The minimum absolute atomic E-state index is 0.000201.